The molecule has 0 saturated heterocycles. The minimum Gasteiger partial charge on any atom is -0.251 e. The second kappa shape index (κ2) is 6.00. The van der Waals surface area contributed by atoms with Crippen molar-refractivity contribution >= 4 is 10.8 Å². The molecular weight excluding hydrogens is 246 g/mol. The van der Waals surface area contributed by atoms with Gasteiger partial charge in [0.1, 0.15) is 10.6 Å². The van der Waals surface area contributed by atoms with E-state index < -0.39 is 16.2 Å². The van der Waals surface area contributed by atoms with E-state index in [4.69, 9.17) is 5.53 Å². The predicted octanol–water partition coefficient (Wildman–Crippen LogP) is 3.04. The molecule has 5 heteroatoms. The maximum Gasteiger partial charge on any atom is 0.237 e. The number of nitrogens with one attached hydrogen (secondary N) is 1. The number of rotatable bonds is 4. The van der Waals surface area contributed by atoms with Gasteiger partial charge in [-0.15, -0.1) is 0 Å². The molecule has 0 radical (unpaired) electrons. The largest absolute Gasteiger partial charge is 0.251 e. The van der Waals surface area contributed by atoms with Crippen molar-refractivity contribution in [2.75, 3.05) is 0 Å². The summed E-state index contributed by atoms with van der Waals surface area (Å²) in [5.74, 6) is 0. The summed E-state index contributed by atoms with van der Waals surface area (Å²) in [5.41, 5.74) is 7.65. The van der Waals surface area contributed by atoms with E-state index in [0.717, 1.165) is 5.56 Å². The van der Waals surface area contributed by atoms with Crippen molar-refractivity contribution in [1.29, 1.82) is 5.53 Å². The fourth-order valence-electron chi connectivity index (χ4n) is 1.59. The number of nitrogens with zero attached hydrogens (tertiary/aromatic N) is 2. The first-order valence-electron chi connectivity index (χ1n) is 5.40. The minimum atomic E-state index is -1.35. The minimum absolute atomic E-state index is 0.633. The molecule has 4 nitrogen and oxygen atoms in total. The molecule has 0 fully saturated rings. The molecular formula is C13H12N3OS+. The van der Waals surface area contributed by atoms with Gasteiger partial charge in [0.2, 0.25) is 10.3 Å². The summed E-state index contributed by atoms with van der Waals surface area (Å²) in [6, 6.07) is 18.3. The maximum atomic E-state index is 12.4. The predicted molar refractivity (Wildman–Crippen MR) is 69.3 cm³/mol. The summed E-state index contributed by atoms with van der Waals surface area (Å²) >= 11 is 0. The van der Waals surface area contributed by atoms with Gasteiger partial charge in [-0.3, -0.25) is 4.21 Å². The van der Waals surface area contributed by atoms with Gasteiger partial charge < -0.3 is 0 Å². The highest BCUT2D eigenvalue weighted by molar-refractivity contribution is 7.85. The quantitative estimate of drug-likeness (QED) is 0.664. The first-order valence-corrected chi connectivity index (χ1v) is 6.61. The van der Waals surface area contributed by atoms with Crippen molar-refractivity contribution in [1.82, 2.24) is 4.91 Å². The van der Waals surface area contributed by atoms with Gasteiger partial charge in [-0.1, -0.05) is 48.5 Å². The van der Waals surface area contributed by atoms with Gasteiger partial charge in [0.15, 0.2) is 0 Å². The highest BCUT2D eigenvalue weighted by atomic mass is 32.2. The molecule has 0 spiro atoms. The molecule has 0 aliphatic carbocycles. The molecule has 2 unspecified atom stereocenters. The molecule has 18 heavy (non-hydrogen) atoms. The third-order valence-electron chi connectivity index (χ3n) is 2.43. The Hall–Kier alpha value is -2.10. The van der Waals surface area contributed by atoms with Crippen LogP contribution in [0.4, 0.5) is 0 Å². The van der Waals surface area contributed by atoms with Crippen LogP contribution in [0.25, 0.3) is 0 Å². The van der Waals surface area contributed by atoms with Crippen LogP contribution >= 0.6 is 0 Å². The second-order valence-electron chi connectivity index (χ2n) is 3.59. The molecule has 1 N–H and O–H groups in total. The van der Waals surface area contributed by atoms with Crippen molar-refractivity contribution in [3.05, 3.63) is 66.2 Å². The molecule has 2 rings (SSSR count). The summed E-state index contributed by atoms with van der Waals surface area (Å²) in [6.45, 7) is 0. The topological polar surface area (TPSA) is 67.4 Å². The lowest BCUT2D eigenvalue weighted by Crippen LogP contribution is -2.04. The first kappa shape index (κ1) is 12.4. The summed E-state index contributed by atoms with van der Waals surface area (Å²) in [6.07, 6.45) is 0. The Kier molecular flexibility index (Phi) is 4.12. The van der Waals surface area contributed by atoms with E-state index in [0.29, 0.717) is 4.90 Å². The molecule has 0 aliphatic rings. The zero-order valence-corrected chi connectivity index (χ0v) is 10.4. The van der Waals surface area contributed by atoms with Crippen LogP contribution in [-0.2, 0) is 10.8 Å². The van der Waals surface area contributed by atoms with E-state index in [1.54, 1.807) is 12.1 Å². The Morgan fingerprint density at radius 3 is 2.11 bits per heavy atom. The molecule has 0 amide bonds. The van der Waals surface area contributed by atoms with E-state index in [2.05, 4.69) is 10.0 Å². The van der Waals surface area contributed by atoms with Crippen LogP contribution in [0.15, 0.2) is 70.7 Å². The van der Waals surface area contributed by atoms with Gasteiger partial charge in [0.25, 0.3) is 0 Å². The molecule has 2 aromatic carbocycles. The Morgan fingerprint density at radius 1 is 1.00 bits per heavy atom. The summed E-state index contributed by atoms with van der Waals surface area (Å²) in [5, 5.41) is 3.13. The lowest BCUT2D eigenvalue weighted by atomic mass is 10.2. The SMILES string of the molecule is N=[N+]=NC(c1ccccc1)S(=O)c1ccccc1. The van der Waals surface area contributed by atoms with Crippen LogP contribution in [0.3, 0.4) is 0 Å². The van der Waals surface area contributed by atoms with Gasteiger partial charge in [-0.2, -0.15) is 0 Å². The Bertz CT molecular complexity index is 580. The molecule has 2 aromatic rings. The van der Waals surface area contributed by atoms with Crippen LogP contribution in [0.5, 0.6) is 0 Å². The lowest BCUT2D eigenvalue weighted by molar-refractivity contribution is 0.668. The van der Waals surface area contributed by atoms with Crippen molar-refractivity contribution in [3.8, 4) is 0 Å². The molecule has 0 aliphatic heterocycles. The average Bonchev–Trinajstić information content (AvgIpc) is 2.46. The fraction of sp³-hybridized carbons (Fsp3) is 0.0769. The van der Waals surface area contributed by atoms with Crippen LogP contribution < -0.4 is 4.91 Å². The van der Waals surface area contributed by atoms with Crippen LogP contribution in [0.2, 0.25) is 0 Å². The first-order chi connectivity index (χ1) is 8.83. The van der Waals surface area contributed by atoms with Crippen molar-refractivity contribution in [2.45, 2.75) is 10.3 Å². The lowest BCUT2D eigenvalue weighted by Gasteiger charge is -2.06. The Morgan fingerprint density at radius 2 is 1.56 bits per heavy atom. The van der Waals surface area contributed by atoms with Gasteiger partial charge in [0, 0.05) is 4.90 Å². The van der Waals surface area contributed by atoms with E-state index >= 15 is 0 Å². The molecule has 0 aromatic heterocycles. The van der Waals surface area contributed by atoms with Crippen LogP contribution in [0, 0.1) is 5.53 Å². The van der Waals surface area contributed by atoms with Gasteiger partial charge >= 0.3 is 0 Å². The summed E-state index contributed by atoms with van der Waals surface area (Å²) in [4.78, 5) is 3.72. The number of hydrogen-bond acceptors (Lipinski definition) is 3. The van der Waals surface area contributed by atoms with E-state index in [1.165, 1.54) is 0 Å². The van der Waals surface area contributed by atoms with Crippen LogP contribution in [-0.4, -0.2) is 4.21 Å². The smallest absolute Gasteiger partial charge is 0.237 e. The zero-order chi connectivity index (χ0) is 12.8. The van der Waals surface area contributed by atoms with Gasteiger partial charge in [-0.25, -0.2) is 0 Å². The maximum absolute atomic E-state index is 12.4. The highest BCUT2D eigenvalue weighted by Crippen LogP contribution is 2.25. The normalized spacial score (nSPS) is 13.3. The second-order valence-corrected chi connectivity index (χ2v) is 5.10. The number of benzene rings is 2. The van der Waals surface area contributed by atoms with E-state index in [9.17, 15) is 4.21 Å². The number of hydrogen-bond donors (Lipinski definition) is 1. The van der Waals surface area contributed by atoms with Crippen LogP contribution in [0.1, 0.15) is 10.9 Å². The van der Waals surface area contributed by atoms with E-state index in [1.807, 2.05) is 48.5 Å². The third-order valence-corrected chi connectivity index (χ3v) is 3.93. The fourth-order valence-corrected chi connectivity index (χ4v) is 2.81. The standard InChI is InChI=1S/C13H12N3OS/c14-16-15-13(11-7-3-1-4-8-11)18(17)12-9-5-2-6-10-12/h1-10,13-14H/q+1. The van der Waals surface area contributed by atoms with Crippen molar-refractivity contribution < 1.29 is 4.21 Å². The zero-order valence-electron chi connectivity index (χ0n) is 9.56. The average molecular weight is 258 g/mol. The molecule has 2 atom stereocenters. The van der Waals surface area contributed by atoms with Crippen molar-refractivity contribution in [2.24, 2.45) is 5.11 Å². The van der Waals surface area contributed by atoms with E-state index in [-0.39, 0.29) is 0 Å². The third kappa shape index (κ3) is 2.77. The molecule has 0 bridgehead atoms. The molecule has 0 heterocycles. The van der Waals surface area contributed by atoms with Gasteiger partial charge in [0.05, 0.1) is 10.8 Å². The summed E-state index contributed by atoms with van der Waals surface area (Å²) < 4.78 is 12.4. The Balaban J connectivity index is 2.38. The Labute approximate surface area is 107 Å². The van der Waals surface area contributed by atoms with Crippen molar-refractivity contribution in [3.63, 3.8) is 0 Å². The van der Waals surface area contributed by atoms with Gasteiger partial charge in [-0.05, 0) is 17.7 Å². The monoisotopic (exact) mass is 258 g/mol. The highest BCUT2D eigenvalue weighted by Gasteiger charge is 2.24. The molecule has 90 valence electrons. The molecule has 0 saturated carbocycles. The summed E-state index contributed by atoms with van der Waals surface area (Å²) in [7, 11) is -1.35.